The lowest BCUT2D eigenvalue weighted by molar-refractivity contribution is -0.139. The van der Waals surface area contributed by atoms with Gasteiger partial charge in [-0.2, -0.15) is 0 Å². The Bertz CT molecular complexity index is 847. The van der Waals surface area contributed by atoms with Crippen LogP contribution in [-0.4, -0.2) is 11.8 Å². The molecule has 1 atom stereocenters. The van der Waals surface area contributed by atoms with E-state index in [0.29, 0.717) is 13.1 Å². The fourth-order valence-electron chi connectivity index (χ4n) is 3.74. The normalized spacial score (nSPS) is 14.1. The SMILES string of the molecule is CCC(NC(=O)C(=O)NCc1cccc(CN)c1)c1ccc2c(c1)CCCC2. The Morgan fingerprint density at radius 2 is 1.75 bits per heavy atom. The Kier molecular flexibility index (Phi) is 6.82. The van der Waals surface area contributed by atoms with E-state index >= 15 is 0 Å². The maximum Gasteiger partial charge on any atom is 0.309 e. The van der Waals surface area contributed by atoms with Crippen LogP contribution in [0.5, 0.6) is 0 Å². The van der Waals surface area contributed by atoms with Gasteiger partial charge in [-0.3, -0.25) is 9.59 Å². The lowest BCUT2D eigenvalue weighted by Gasteiger charge is -2.21. The van der Waals surface area contributed by atoms with Crippen molar-refractivity contribution in [3.05, 3.63) is 70.3 Å². The Balaban J connectivity index is 1.59. The number of aryl methyl sites for hydroxylation is 2. The van der Waals surface area contributed by atoms with Crippen LogP contribution in [0.25, 0.3) is 0 Å². The zero-order valence-electron chi connectivity index (χ0n) is 16.5. The van der Waals surface area contributed by atoms with Crippen LogP contribution in [0.2, 0.25) is 0 Å². The van der Waals surface area contributed by atoms with Gasteiger partial charge in [0.05, 0.1) is 6.04 Å². The van der Waals surface area contributed by atoms with Gasteiger partial charge in [0, 0.05) is 13.1 Å². The third-order valence-corrected chi connectivity index (χ3v) is 5.37. The Labute approximate surface area is 166 Å². The molecule has 2 amide bonds. The third-order valence-electron chi connectivity index (χ3n) is 5.37. The molecule has 0 saturated heterocycles. The second-order valence-corrected chi connectivity index (χ2v) is 7.38. The Hall–Kier alpha value is -2.66. The van der Waals surface area contributed by atoms with Gasteiger partial charge in [0.1, 0.15) is 0 Å². The fourth-order valence-corrected chi connectivity index (χ4v) is 3.74. The largest absolute Gasteiger partial charge is 0.344 e. The van der Waals surface area contributed by atoms with Gasteiger partial charge in [0.2, 0.25) is 0 Å². The molecule has 5 heteroatoms. The van der Waals surface area contributed by atoms with Crippen LogP contribution < -0.4 is 16.4 Å². The van der Waals surface area contributed by atoms with Crippen molar-refractivity contribution in [2.45, 2.75) is 58.2 Å². The van der Waals surface area contributed by atoms with E-state index in [0.717, 1.165) is 36.0 Å². The van der Waals surface area contributed by atoms with Crippen LogP contribution in [-0.2, 0) is 35.5 Å². The summed E-state index contributed by atoms with van der Waals surface area (Å²) in [5.74, 6) is -1.21. The minimum atomic E-state index is -0.616. The average Bonchev–Trinajstić information content (AvgIpc) is 2.75. The number of amides is 2. The first kappa shape index (κ1) is 20.1. The van der Waals surface area contributed by atoms with Gasteiger partial charge < -0.3 is 16.4 Å². The van der Waals surface area contributed by atoms with Crippen LogP contribution >= 0.6 is 0 Å². The molecule has 0 radical (unpaired) electrons. The summed E-state index contributed by atoms with van der Waals surface area (Å²) in [6.45, 7) is 2.76. The molecule has 0 bridgehead atoms. The maximum absolute atomic E-state index is 12.4. The second-order valence-electron chi connectivity index (χ2n) is 7.38. The highest BCUT2D eigenvalue weighted by atomic mass is 16.2. The molecule has 4 N–H and O–H groups in total. The number of nitrogens with two attached hydrogens (primary N) is 1. The number of benzene rings is 2. The monoisotopic (exact) mass is 379 g/mol. The number of nitrogens with one attached hydrogen (secondary N) is 2. The van der Waals surface area contributed by atoms with Crippen LogP contribution in [0, 0.1) is 0 Å². The first-order valence-corrected chi connectivity index (χ1v) is 10.1. The van der Waals surface area contributed by atoms with E-state index in [9.17, 15) is 9.59 Å². The topological polar surface area (TPSA) is 84.2 Å². The highest BCUT2D eigenvalue weighted by molar-refractivity contribution is 6.35. The highest BCUT2D eigenvalue weighted by Crippen LogP contribution is 2.26. The van der Waals surface area contributed by atoms with Crippen molar-refractivity contribution in [2.75, 3.05) is 0 Å². The molecule has 0 heterocycles. The molecule has 3 rings (SSSR count). The van der Waals surface area contributed by atoms with Gasteiger partial charge in [-0.25, -0.2) is 0 Å². The molecule has 0 fully saturated rings. The summed E-state index contributed by atoms with van der Waals surface area (Å²) in [6.07, 6.45) is 5.42. The minimum Gasteiger partial charge on any atom is -0.344 e. The molecule has 0 aromatic heterocycles. The smallest absolute Gasteiger partial charge is 0.309 e. The van der Waals surface area contributed by atoms with Crippen molar-refractivity contribution in [1.29, 1.82) is 0 Å². The molecular weight excluding hydrogens is 350 g/mol. The summed E-state index contributed by atoms with van der Waals surface area (Å²) >= 11 is 0. The second kappa shape index (κ2) is 9.51. The first-order chi connectivity index (χ1) is 13.6. The van der Waals surface area contributed by atoms with Gasteiger partial charge >= 0.3 is 11.8 Å². The zero-order valence-corrected chi connectivity index (χ0v) is 16.5. The molecule has 28 heavy (non-hydrogen) atoms. The van der Waals surface area contributed by atoms with E-state index in [1.54, 1.807) is 0 Å². The predicted octanol–water partition coefficient (Wildman–Crippen LogP) is 2.91. The zero-order chi connectivity index (χ0) is 19.9. The van der Waals surface area contributed by atoms with Gasteiger partial charge in [-0.15, -0.1) is 0 Å². The Morgan fingerprint density at radius 3 is 2.50 bits per heavy atom. The number of fused-ring (bicyclic) bond motifs is 1. The molecule has 1 unspecified atom stereocenters. The van der Waals surface area contributed by atoms with Crippen LogP contribution in [0.3, 0.4) is 0 Å². The van der Waals surface area contributed by atoms with Crippen molar-refractivity contribution in [3.63, 3.8) is 0 Å². The Morgan fingerprint density at radius 1 is 1.00 bits per heavy atom. The lowest BCUT2D eigenvalue weighted by Crippen LogP contribution is -2.41. The molecule has 1 aliphatic carbocycles. The average molecular weight is 380 g/mol. The number of carbonyl (C=O) groups excluding carboxylic acids is 2. The van der Waals surface area contributed by atoms with E-state index in [2.05, 4.69) is 28.8 Å². The molecule has 5 nitrogen and oxygen atoms in total. The van der Waals surface area contributed by atoms with E-state index in [-0.39, 0.29) is 6.04 Å². The number of hydrogen-bond donors (Lipinski definition) is 3. The number of carbonyl (C=O) groups is 2. The van der Waals surface area contributed by atoms with Crippen LogP contribution in [0.4, 0.5) is 0 Å². The van der Waals surface area contributed by atoms with Gasteiger partial charge in [0.15, 0.2) is 0 Å². The molecule has 1 aliphatic rings. The number of hydrogen-bond acceptors (Lipinski definition) is 3. The molecule has 148 valence electrons. The van der Waals surface area contributed by atoms with Gasteiger partial charge in [-0.05, 0) is 59.9 Å². The molecule has 0 spiro atoms. The van der Waals surface area contributed by atoms with E-state index in [4.69, 9.17) is 5.73 Å². The summed E-state index contributed by atoms with van der Waals surface area (Å²) in [5.41, 5.74) is 11.4. The third kappa shape index (κ3) is 4.98. The van der Waals surface area contributed by atoms with E-state index < -0.39 is 11.8 Å². The van der Waals surface area contributed by atoms with E-state index in [1.807, 2.05) is 31.2 Å². The summed E-state index contributed by atoms with van der Waals surface area (Å²) in [6, 6.07) is 13.9. The summed E-state index contributed by atoms with van der Waals surface area (Å²) in [4.78, 5) is 24.6. The van der Waals surface area contributed by atoms with Crippen molar-refractivity contribution in [3.8, 4) is 0 Å². The van der Waals surface area contributed by atoms with Crippen molar-refractivity contribution in [2.24, 2.45) is 5.73 Å². The van der Waals surface area contributed by atoms with Crippen molar-refractivity contribution >= 4 is 11.8 Å². The van der Waals surface area contributed by atoms with Crippen molar-refractivity contribution < 1.29 is 9.59 Å². The molecule has 2 aromatic rings. The first-order valence-electron chi connectivity index (χ1n) is 10.1. The quantitative estimate of drug-likeness (QED) is 0.675. The molecular formula is C23H29N3O2. The predicted molar refractivity (Wildman–Crippen MR) is 110 cm³/mol. The summed E-state index contributed by atoms with van der Waals surface area (Å²) < 4.78 is 0. The maximum atomic E-state index is 12.4. The van der Waals surface area contributed by atoms with Gasteiger partial charge in [-0.1, -0.05) is 49.4 Å². The summed E-state index contributed by atoms with van der Waals surface area (Å²) in [7, 11) is 0. The number of rotatable bonds is 6. The fraction of sp³-hybridized carbons (Fsp3) is 0.391. The van der Waals surface area contributed by atoms with Crippen LogP contribution in [0.1, 0.15) is 60.0 Å². The molecule has 2 aromatic carbocycles. The lowest BCUT2D eigenvalue weighted by atomic mass is 9.89. The molecule has 0 aliphatic heterocycles. The minimum absolute atomic E-state index is 0.161. The highest BCUT2D eigenvalue weighted by Gasteiger charge is 2.20. The summed E-state index contributed by atoms with van der Waals surface area (Å²) in [5, 5.41) is 5.57. The van der Waals surface area contributed by atoms with Gasteiger partial charge in [0.25, 0.3) is 0 Å². The molecule has 0 saturated carbocycles. The van der Waals surface area contributed by atoms with Crippen molar-refractivity contribution in [1.82, 2.24) is 10.6 Å². The van der Waals surface area contributed by atoms with Crippen LogP contribution in [0.15, 0.2) is 42.5 Å². The standard InChI is InChI=1S/C23H29N3O2/c1-2-21(20-11-10-18-8-3-4-9-19(18)13-20)26-23(28)22(27)25-15-17-7-5-6-16(12-17)14-24/h5-7,10-13,21H,2-4,8-9,14-15,24H2,1H3,(H,25,27)(H,26,28). The van der Waals surface area contributed by atoms with E-state index in [1.165, 1.54) is 24.0 Å².